The van der Waals surface area contributed by atoms with Crippen LogP contribution < -0.4 is 0 Å². The number of hydrogen-bond donors (Lipinski definition) is 0. The minimum absolute atomic E-state index is 0.0739. The maximum atomic E-state index is 13.3. The maximum absolute atomic E-state index is 13.3. The largest absolute Gasteiger partial charge is 0.469 e. The number of ketones is 2. The van der Waals surface area contributed by atoms with Gasteiger partial charge in [0, 0.05) is 22.0 Å². The van der Waals surface area contributed by atoms with E-state index in [0.29, 0.717) is 11.5 Å². The normalized spacial score (nSPS) is 14.8. The summed E-state index contributed by atoms with van der Waals surface area (Å²) in [5.74, 6) is 1.56. The molecule has 0 saturated carbocycles. The molecule has 2 rings (SSSR count). The topological polar surface area (TPSA) is 60.4 Å². The van der Waals surface area contributed by atoms with E-state index in [-0.39, 0.29) is 11.6 Å². The van der Waals surface area contributed by atoms with E-state index in [1.165, 1.54) is 11.8 Å². The van der Waals surface area contributed by atoms with Gasteiger partial charge in [-0.3, -0.25) is 9.59 Å². The first-order valence-corrected chi connectivity index (χ1v) is 10.1. The average Bonchev–Trinajstić information content (AvgIpc) is 3.14. The molecule has 2 aromatic heterocycles. The first kappa shape index (κ1) is 21.5. The van der Waals surface area contributed by atoms with Gasteiger partial charge in [-0.05, 0) is 26.0 Å². The molecule has 0 fully saturated rings. The fourth-order valence-corrected chi connectivity index (χ4v) is 4.82. The predicted molar refractivity (Wildman–Crippen MR) is 109 cm³/mol. The summed E-state index contributed by atoms with van der Waals surface area (Å²) in [5, 5.41) is -0.983. The molecule has 2 unspecified atom stereocenters. The molecule has 5 heteroatoms. The quantitative estimate of drug-likeness (QED) is 0.584. The van der Waals surface area contributed by atoms with Crippen LogP contribution >= 0.6 is 11.8 Å². The first-order chi connectivity index (χ1) is 12.3. The minimum Gasteiger partial charge on any atom is -0.469 e. The van der Waals surface area contributed by atoms with Gasteiger partial charge in [-0.1, -0.05) is 41.5 Å². The summed E-state index contributed by atoms with van der Waals surface area (Å²) in [7, 11) is 0. The van der Waals surface area contributed by atoms with E-state index in [2.05, 4.69) is 0 Å². The van der Waals surface area contributed by atoms with Crippen LogP contribution in [0.4, 0.5) is 0 Å². The number of hydrogen-bond acceptors (Lipinski definition) is 5. The fourth-order valence-electron chi connectivity index (χ4n) is 2.81. The summed E-state index contributed by atoms with van der Waals surface area (Å²) in [5.41, 5.74) is 0.574. The van der Waals surface area contributed by atoms with E-state index < -0.39 is 21.3 Å². The third-order valence-corrected chi connectivity index (χ3v) is 6.07. The van der Waals surface area contributed by atoms with Crippen LogP contribution in [0.5, 0.6) is 0 Å². The van der Waals surface area contributed by atoms with Crippen LogP contribution in [0, 0.1) is 24.7 Å². The Morgan fingerprint density at radius 1 is 0.778 bits per heavy atom. The lowest BCUT2D eigenvalue weighted by atomic mass is 9.86. The molecule has 0 aromatic carbocycles. The molecule has 27 heavy (non-hydrogen) atoms. The van der Waals surface area contributed by atoms with Gasteiger partial charge in [-0.2, -0.15) is 0 Å². The molecule has 0 bridgehead atoms. The highest BCUT2D eigenvalue weighted by atomic mass is 32.2. The molecule has 0 aliphatic heterocycles. The van der Waals surface area contributed by atoms with Crippen molar-refractivity contribution >= 4 is 23.3 Å². The molecule has 0 saturated heterocycles. The second-order valence-electron chi connectivity index (χ2n) is 8.99. The van der Waals surface area contributed by atoms with Gasteiger partial charge in [0.15, 0.2) is 11.6 Å². The summed E-state index contributed by atoms with van der Waals surface area (Å²) in [6.45, 7) is 15.1. The van der Waals surface area contributed by atoms with Crippen molar-refractivity contribution in [3.8, 4) is 0 Å². The Hall–Kier alpha value is -1.75. The SMILES string of the molecule is Cc1occc1C(SC(C(=O)C(C)(C)C)c1ccoc1C)C(=O)C(C)(C)C. The minimum atomic E-state index is -0.540. The molecule has 0 aliphatic carbocycles. The van der Waals surface area contributed by atoms with Crippen molar-refractivity contribution in [2.75, 3.05) is 0 Å². The van der Waals surface area contributed by atoms with Gasteiger partial charge < -0.3 is 8.83 Å². The first-order valence-electron chi connectivity index (χ1n) is 9.16. The van der Waals surface area contributed by atoms with Gasteiger partial charge in [0.25, 0.3) is 0 Å². The summed E-state index contributed by atoms with van der Waals surface area (Å²) in [6, 6.07) is 3.66. The Balaban J connectivity index is 2.53. The van der Waals surface area contributed by atoms with Crippen LogP contribution in [-0.4, -0.2) is 11.6 Å². The van der Waals surface area contributed by atoms with Crippen LogP contribution in [0.25, 0.3) is 0 Å². The lowest BCUT2D eigenvalue weighted by Crippen LogP contribution is -2.30. The smallest absolute Gasteiger partial charge is 0.155 e. The average molecular weight is 391 g/mol. The second-order valence-corrected chi connectivity index (χ2v) is 10.2. The summed E-state index contributed by atoms with van der Waals surface area (Å²) >= 11 is 1.38. The standard InChI is InChI=1S/C22H30O4S/c1-13-15(9-11-25-13)17(19(23)21(3,4)5)27-18(20(24)22(6,7)8)16-10-12-26-14(16)2/h9-12,17-18H,1-8H3. The van der Waals surface area contributed by atoms with Crippen LogP contribution in [-0.2, 0) is 9.59 Å². The molecule has 0 radical (unpaired) electrons. The van der Waals surface area contributed by atoms with Crippen molar-refractivity contribution in [3.05, 3.63) is 47.3 Å². The van der Waals surface area contributed by atoms with E-state index in [1.807, 2.05) is 67.5 Å². The molecule has 0 aliphatic rings. The van der Waals surface area contributed by atoms with Gasteiger partial charge in [-0.15, -0.1) is 11.8 Å². The molecule has 0 N–H and O–H groups in total. The second kappa shape index (κ2) is 7.70. The van der Waals surface area contributed by atoms with Crippen LogP contribution in [0.2, 0.25) is 0 Å². The molecule has 0 spiro atoms. The van der Waals surface area contributed by atoms with Crippen LogP contribution in [0.3, 0.4) is 0 Å². The molecule has 0 amide bonds. The van der Waals surface area contributed by atoms with Crippen molar-refractivity contribution in [2.45, 2.75) is 65.9 Å². The lowest BCUT2D eigenvalue weighted by Gasteiger charge is -2.30. The Labute approximate surface area is 166 Å². The van der Waals surface area contributed by atoms with Crippen LogP contribution in [0.15, 0.2) is 33.5 Å². The van der Waals surface area contributed by atoms with E-state index in [1.54, 1.807) is 12.5 Å². The maximum Gasteiger partial charge on any atom is 0.155 e. The Morgan fingerprint density at radius 3 is 1.33 bits per heavy atom. The van der Waals surface area contributed by atoms with Crippen LogP contribution in [0.1, 0.15) is 74.7 Å². The zero-order chi connectivity index (χ0) is 20.6. The summed E-state index contributed by atoms with van der Waals surface area (Å²) in [6.07, 6.45) is 3.19. The predicted octanol–water partition coefficient (Wildman–Crippen LogP) is 6.24. The van der Waals surface area contributed by atoms with Gasteiger partial charge in [0.05, 0.1) is 23.0 Å². The monoisotopic (exact) mass is 390 g/mol. The van der Waals surface area contributed by atoms with Crippen molar-refractivity contribution < 1.29 is 18.4 Å². The van der Waals surface area contributed by atoms with Crippen molar-refractivity contribution in [3.63, 3.8) is 0 Å². The van der Waals surface area contributed by atoms with Gasteiger partial charge >= 0.3 is 0 Å². The van der Waals surface area contributed by atoms with Gasteiger partial charge in [-0.25, -0.2) is 0 Å². The van der Waals surface area contributed by atoms with Crippen molar-refractivity contribution in [1.29, 1.82) is 0 Å². The zero-order valence-corrected chi connectivity index (χ0v) is 18.3. The Kier molecular flexibility index (Phi) is 6.15. The Morgan fingerprint density at radius 2 is 1.11 bits per heavy atom. The molecule has 2 aromatic rings. The van der Waals surface area contributed by atoms with Gasteiger partial charge in [0.1, 0.15) is 11.5 Å². The number of thioether (sulfide) groups is 1. The molecule has 2 atom stereocenters. The number of furan rings is 2. The highest BCUT2D eigenvalue weighted by Gasteiger charge is 2.40. The molecule has 2 heterocycles. The lowest BCUT2D eigenvalue weighted by molar-refractivity contribution is -0.125. The Bertz CT molecular complexity index is 746. The fraction of sp³-hybridized carbons (Fsp3) is 0.545. The van der Waals surface area contributed by atoms with E-state index in [9.17, 15) is 9.59 Å². The molecular formula is C22H30O4S. The number of rotatable bonds is 6. The number of carbonyl (C=O) groups is 2. The number of aryl methyl sites for hydroxylation is 2. The van der Waals surface area contributed by atoms with Gasteiger partial charge in [0.2, 0.25) is 0 Å². The van der Waals surface area contributed by atoms with Crippen molar-refractivity contribution in [2.24, 2.45) is 10.8 Å². The highest BCUT2D eigenvalue weighted by Crippen LogP contribution is 2.48. The van der Waals surface area contributed by atoms with E-state index in [0.717, 1.165) is 11.1 Å². The summed E-state index contributed by atoms with van der Waals surface area (Å²) in [4.78, 5) is 26.6. The number of carbonyl (C=O) groups excluding carboxylic acids is 2. The van der Waals surface area contributed by atoms with E-state index in [4.69, 9.17) is 8.83 Å². The molecular weight excluding hydrogens is 360 g/mol. The summed E-state index contributed by atoms with van der Waals surface area (Å²) < 4.78 is 10.9. The third-order valence-electron chi connectivity index (χ3n) is 4.59. The molecule has 4 nitrogen and oxygen atoms in total. The van der Waals surface area contributed by atoms with Crippen molar-refractivity contribution in [1.82, 2.24) is 0 Å². The highest BCUT2D eigenvalue weighted by molar-refractivity contribution is 8.01. The zero-order valence-electron chi connectivity index (χ0n) is 17.5. The number of Topliss-reactive ketones (excluding diaryl/α,β-unsaturated/α-hetero) is 2. The third kappa shape index (κ3) is 4.75. The van der Waals surface area contributed by atoms with E-state index >= 15 is 0 Å². The molecule has 148 valence electrons.